The predicted octanol–water partition coefficient (Wildman–Crippen LogP) is 4.14. The minimum Gasteiger partial charge on any atom is -0.475 e. The van der Waals surface area contributed by atoms with Crippen molar-refractivity contribution in [2.45, 2.75) is 46.3 Å². The normalized spacial score (nSPS) is 12.2. The highest BCUT2D eigenvalue weighted by Crippen LogP contribution is 2.22. The fourth-order valence-electron chi connectivity index (χ4n) is 2.17. The van der Waals surface area contributed by atoms with E-state index in [4.69, 9.17) is 4.74 Å². The van der Waals surface area contributed by atoms with Gasteiger partial charge in [0.2, 0.25) is 11.8 Å². The molecule has 0 saturated heterocycles. The van der Waals surface area contributed by atoms with E-state index in [2.05, 4.69) is 34.3 Å². The Morgan fingerprint density at radius 3 is 2.48 bits per heavy atom. The third kappa shape index (κ3) is 4.45. The molecular weight excluding hydrogens is 262 g/mol. The summed E-state index contributed by atoms with van der Waals surface area (Å²) >= 11 is 0. The lowest BCUT2D eigenvalue weighted by Gasteiger charge is -2.18. The van der Waals surface area contributed by atoms with E-state index in [0.717, 1.165) is 12.1 Å². The summed E-state index contributed by atoms with van der Waals surface area (Å²) in [6.45, 7) is 8.07. The Morgan fingerprint density at radius 1 is 1.14 bits per heavy atom. The first-order valence-electron chi connectivity index (χ1n) is 7.42. The lowest BCUT2D eigenvalue weighted by atomic mass is 10.1. The quantitative estimate of drug-likeness (QED) is 0.866. The van der Waals surface area contributed by atoms with E-state index in [1.54, 1.807) is 0 Å². The second kappa shape index (κ2) is 7.07. The zero-order chi connectivity index (χ0) is 15.2. The van der Waals surface area contributed by atoms with Crippen LogP contribution in [0, 0.1) is 6.92 Å². The van der Waals surface area contributed by atoms with Crippen LogP contribution in [0.25, 0.3) is 0 Å². The molecule has 112 valence electrons. The molecule has 0 aliphatic heterocycles. The van der Waals surface area contributed by atoms with E-state index < -0.39 is 0 Å². The molecule has 0 aliphatic rings. The lowest BCUT2D eigenvalue weighted by Crippen LogP contribution is -2.14. The van der Waals surface area contributed by atoms with Crippen LogP contribution in [0.2, 0.25) is 0 Å². The molecule has 0 amide bonds. The first-order valence-corrected chi connectivity index (χ1v) is 7.42. The molecule has 1 aromatic carbocycles. The fraction of sp³-hybridized carbons (Fsp3) is 0.412. The molecule has 0 aliphatic carbocycles. The molecule has 1 aromatic heterocycles. The third-order valence-electron chi connectivity index (χ3n) is 3.10. The van der Waals surface area contributed by atoms with Crippen LogP contribution in [-0.2, 0) is 0 Å². The van der Waals surface area contributed by atoms with E-state index in [-0.39, 0.29) is 12.1 Å². The maximum Gasteiger partial charge on any atom is 0.226 e. The predicted molar refractivity (Wildman–Crippen MR) is 85.6 cm³/mol. The van der Waals surface area contributed by atoms with Gasteiger partial charge in [0, 0.05) is 11.8 Å². The van der Waals surface area contributed by atoms with Gasteiger partial charge in [-0.3, -0.25) is 0 Å². The highest BCUT2D eigenvalue weighted by Gasteiger charge is 2.12. The molecule has 0 radical (unpaired) electrons. The van der Waals surface area contributed by atoms with Gasteiger partial charge < -0.3 is 10.1 Å². The number of nitrogens with one attached hydrogen (secondary N) is 1. The minimum atomic E-state index is 0.100. The van der Waals surface area contributed by atoms with E-state index in [9.17, 15) is 0 Å². The third-order valence-corrected chi connectivity index (χ3v) is 3.10. The van der Waals surface area contributed by atoms with Gasteiger partial charge in [-0.1, -0.05) is 37.3 Å². The van der Waals surface area contributed by atoms with Crippen LogP contribution >= 0.6 is 0 Å². The highest BCUT2D eigenvalue weighted by atomic mass is 16.5. The van der Waals surface area contributed by atoms with Crippen LogP contribution in [0.5, 0.6) is 5.88 Å². The monoisotopic (exact) mass is 285 g/mol. The molecule has 4 heteroatoms. The van der Waals surface area contributed by atoms with Crippen molar-refractivity contribution in [3.8, 4) is 5.88 Å². The van der Waals surface area contributed by atoms with Gasteiger partial charge in [-0.15, -0.1) is 0 Å². The van der Waals surface area contributed by atoms with Gasteiger partial charge in [0.1, 0.15) is 0 Å². The molecule has 21 heavy (non-hydrogen) atoms. The summed E-state index contributed by atoms with van der Waals surface area (Å²) in [4.78, 5) is 8.89. The lowest BCUT2D eigenvalue weighted by molar-refractivity contribution is 0.232. The molecule has 1 N–H and O–H groups in total. The van der Waals surface area contributed by atoms with Gasteiger partial charge in [0.15, 0.2) is 0 Å². The molecule has 1 unspecified atom stereocenters. The average molecular weight is 285 g/mol. The van der Waals surface area contributed by atoms with Crippen molar-refractivity contribution >= 4 is 5.95 Å². The summed E-state index contributed by atoms with van der Waals surface area (Å²) in [6.07, 6.45) is 1.06. The van der Waals surface area contributed by atoms with E-state index in [1.165, 1.54) is 5.56 Å². The summed E-state index contributed by atoms with van der Waals surface area (Å²) in [5, 5.41) is 3.40. The Kier molecular flexibility index (Phi) is 5.14. The van der Waals surface area contributed by atoms with Crippen LogP contribution in [0.15, 0.2) is 36.4 Å². The molecule has 0 fully saturated rings. The van der Waals surface area contributed by atoms with Crippen molar-refractivity contribution in [2.24, 2.45) is 0 Å². The SMILES string of the molecule is CCC(Nc1nc(C)cc(OC(C)C)n1)c1ccccc1. The Balaban J connectivity index is 2.19. The second-order valence-electron chi connectivity index (χ2n) is 5.35. The first-order chi connectivity index (χ1) is 10.1. The van der Waals surface area contributed by atoms with E-state index >= 15 is 0 Å². The zero-order valence-corrected chi connectivity index (χ0v) is 13.1. The Bertz CT molecular complexity index is 570. The molecule has 2 rings (SSSR count). The van der Waals surface area contributed by atoms with Gasteiger partial charge in [-0.2, -0.15) is 4.98 Å². The van der Waals surface area contributed by atoms with E-state index in [1.807, 2.05) is 45.0 Å². The maximum absolute atomic E-state index is 5.67. The molecule has 0 saturated carbocycles. The van der Waals surface area contributed by atoms with Crippen LogP contribution in [0.4, 0.5) is 5.95 Å². The van der Waals surface area contributed by atoms with Gasteiger partial charge in [0.25, 0.3) is 0 Å². The smallest absolute Gasteiger partial charge is 0.226 e. The molecule has 4 nitrogen and oxygen atoms in total. The Hall–Kier alpha value is -2.10. The van der Waals surface area contributed by atoms with Crippen molar-refractivity contribution in [1.82, 2.24) is 9.97 Å². The second-order valence-corrected chi connectivity index (χ2v) is 5.35. The maximum atomic E-state index is 5.67. The van der Waals surface area contributed by atoms with Crippen molar-refractivity contribution in [1.29, 1.82) is 0 Å². The van der Waals surface area contributed by atoms with Gasteiger partial charge >= 0.3 is 0 Å². The average Bonchev–Trinajstić information content (AvgIpc) is 2.44. The highest BCUT2D eigenvalue weighted by molar-refractivity contribution is 5.35. The van der Waals surface area contributed by atoms with Crippen LogP contribution < -0.4 is 10.1 Å². The van der Waals surface area contributed by atoms with E-state index in [0.29, 0.717) is 11.8 Å². The Labute approximate surface area is 126 Å². The number of rotatable bonds is 6. The number of hydrogen-bond acceptors (Lipinski definition) is 4. The molecule has 0 bridgehead atoms. The number of hydrogen-bond donors (Lipinski definition) is 1. The molecule has 2 aromatic rings. The van der Waals surface area contributed by atoms with Crippen molar-refractivity contribution < 1.29 is 4.74 Å². The number of ether oxygens (including phenoxy) is 1. The van der Waals surface area contributed by atoms with Crippen LogP contribution in [0.3, 0.4) is 0 Å². The van der Waals surface area contributed by atoms with Crippen LogP contribution in [0.1, 0.15) is 44.5 Å². The minimum absolute atomic E-state index is 0.100. The summed E-state index contributed by atoms with van der Waals surface area (Å²) in [7, 11) is 0. The first kappa shape index (κ1) is 15.3. The van der Waals surface area contributed by atoms with Crippen molar-refractivity contribution in [3.63, 3.8) is 0 Å². The van der Waals surface area contributed by atoms with Crippen molar-refractivity contribution in [3.05, 3.63) is 47.7 Å². The van der Waals surface area contributed by atoms with Gasteiger partial charge in [-0.05, 0) is 32.8 Å². The number of nitrogens with zero attached hydrogens (tertiary/aromatic N) is 2. The van der Waals surface area contributed by atoms with Crippen molar-refractivity contribution in [2.75, 3.05) is 5.32 Å². The number of anilines is 1. The zero-order valence-electron chi connectivity index (χ0n) is 13.1. The topological polar surface area (TPSA) is 47.0 Å². The van der Waals surface area contributed by atoms with Gasteiger partial charge in [-0.25, -0.2) is 4.98 Å². The largest absolute Gasteiger partial charge is 0.475 e. The molecule has 1 atom stereocenters. The number of benzene rings is 1. The standard InChI is InChI=1S/C17H23N3O/c1-5-15(14-9-7-6-8-10-14)19-17-18-13(4)11-16(20-17)21-12(2)3/h6-12,15H,5H2,1-4H3,(H,18,19,20). The van der Waals surface area contributed by atoms with Crippen LogP contribution in [-0.4, -0.2) is 16.1 Å². The summed E-state index contributed by atoms with van der Waals surface area (Å²) in [6, 6.07) is 12.4. The summed E-state index contributed by atoms with van der Waals surface area (Å²) in [5.74, 6) is 1.23. The Morgan fingerprint density at radius 2 is 1.86 bits per heavy atom. The molecule has 1 heterocycles. The molecular formula is C17H23N3O. The number of aromatic nitrogens is 2. The van der Waals surface area contributed by atoms with Gasteiger partial charge in [0.05, 0.1) is 12.1 Å². The fourth-order valence-corrected chi connectivity index (χ4v) is 2.17. The molecule has 0 spiro atoms. The number of aryl methyl sites for hydroxylation is 1. The summed E-state index contributed by atoms with van der Waals surface area (Å²) in [5.41, 5.74) is 2.13. The summed E-state index contributed by atoms with van der Waals surface area (Å²) < 4.78 is 5.67.